The van der Waals surface area contributed by atoms with Crippen LogP contribution in [-0.4, -0.2) is 38.8 Å². The number of hydrogen-bond donors (Lipinski definition) is 2. The lowest BCUT2D eigenvalue weighted by Crippen LogP contribution is -2.42. The van der Waals surface area contributed by atoms with Gasteiger partial charge in [0.15, 0.2) is 5.96 Å². The molecule has 0 aromatic heterocycles. The molecule has 2 aliphatic rings. The Morgan fingerprint density at radius 2 is 1.96 bits per heavy atom. The van der Waals surface area contributed by atoms with Gasteiger partial charge in [0, 0.05) is 31.7 Å². The van der Waals surface area contributed by atoms with Gasteiger partial charge in [-0.25, -0.2) is 0 Å². The first-order chi connectivity index (χ1) is 11.7. The summed E-state index contributed by atoms with van der Waals surface area (Å²) in [6.07, 6.45) is 4.81. The van der Waals surface area contributed by atoms with Crippen molar-refractivity contribution in [1.29, 1.82) is 0 Å². The Bertz CT molecular complexity index is 560. The summed E-state index contributed by atoms with van der Waals surface area (Å²) in [6, 6.07) is 8.77. The van der Waals surface area contributed by atoms with E-state index < -0.39 is 0 Å². The molecule has 0 amide bonds. The van der Waals surface area contributed by atoms with E-state index in [0.29, 0.717) is 0 Å². The van der Waals surface area contributed by atoms with Crippen molar-refractivity contribution in [1.82, 2.24) is 10.6 Å². The van der Waals surface area contributed by atoms with Crippen LogP contribution in [0.4, 0.5) is 0 Å². The second-order valence-corrected chi connectivity index (χ2v) is 7.23. The lowest BCUT2D eigenvalue weighted by Gasteiger charge is -2.37. The van der Waals surface area contributed by atoms with Crippen molar-refractivity contribution in [2.75, 3.05) is 32.8 Å². The zero-order valence-corrected chi connectivity index (χ0v) is 15.1. The predicted molar refractivity (Wildman–Crippen MR) is 99.6 cm³/mol. The van der Waals surface area contributed by atoms with Crippen LogP contribution in [0.25, 0.3) is 0 Å². The lowest BCUT2D eigenvalue weighted by atomic mass is 9.72. The van der Waals surface area contributed by atoms with Gasteiger partial charge in [0.2, 0.25) is 0 Å². The van der Waals surface area contributed by atoms with Gasteiger partial charge in [0.25, 0.3) is 0 Å². The first-order valence-electron chi connectivity index (χ1n) is 9.39. The highest BCUT2D eigenvalue weighted by Gasteiger charge is 2.35. The molecule has 0 unspecified atom stereocenters. The fraction of sp³-hybridized carbons (Fsp3) is 0.650. The van der Waals surface area contributed by atoms with Gasteiger partial charge in [0.1, 0.15) is 0 Å². The third-order valence-electron chi connectivity index (χ3n) is 5.31. The van der Waals surface area contributed by atoms with Crippen molar-refractivity contribution in [3.8, 4) is 0 Å². The van der Waals surface area contributed by atoms with Crippen LogP contribution in [0, 0.1) is 12.8 Å². The van der Waals surface area contributed by atoms with Crippen molar-refractivity contribution in [3.63, 3.8) is 0 Å². The maximum atomic E-state index is 5.65. The molecule has 1 aliphatic carbocycles. The van der Waals surface area contributed by atoms with E-state index in [2.05, 4.69) is 48.7 Å². The van der Waals surface area contributed by atoms with Gasteiger partial charge in [-0.2, -0.15) is 0 Å². The van der Waals surface area contributed by atoms with Gasteiger partial charge in [-0.15, -0.1) is 0 Å². The van der Waals surface area contributed by atoms with Crippen LogP contribution in [0.15, 0.2) is 29.3 Å². The molecule has 0 atom stereocenters. The molecule has 0 bridgehead atoms. The van der Waals surface area contributed by atoms with Gasteiger partial charge in [-0.3, -0.25) is 4.99 Å². The molecule has 2 fully saturated rings. The summed E-state index contributed by atoms with van der Waals surface area (Å²) in [7, 11) is 0. The molecular formula is C20H31N3O. The Balaban J connectivity index is 1.77. The van der Waals surface area contributed by atoms with Crippen molar-refractivity contribution < 1.29 is 4.74 Å². The van der Waals surface area contributed by atoms with E-state index in [9.17, 15) is 0 Å². The van der Waals surface area contributed by atoms with Crippen molar-refractivity contribution >= 4 is 5.96 Å². The molecule has 24 heavy (non-hydrogen) atoms. The maximum Gasteiger partial charge on any atom is 0.191 e. The molecule has 0 spiro atoms. The van der Waals surface area contributed by atoms with Gasteiger partial charge in [-0.05, 0) is 56.6 Å². The molecule has 1 saturated carbocycles. The summed E-state index contributed by atoms with van der Waals surface area (Å²) in [5.74, 6) is 1.81. The topological polar surface area (TPSA) is 45.7 Å². The lowest BCUT2D eigenvalue weighted by molar-refractivity contribution is 0.0529. The summed E-state index contributed by atoms with van der Waals surface area (Å²) < 4.78 is 5.65. The van der Waals surface area contributed by atoms with Crippen LogP contribution in [-0.2, 0) is 10.2 Å². The zero-order valence-electron chi connectivity index (χ0n) is 15.1. The van der Waals surface area contributed by atoms with E-state index in [-0.39, 0.29) is 5.41 Å². The van der Waals surface area contributed by atoms with Gasteiger partial charge < -0.3 is 15.4 Å². The second kappa shape index (κ2) is 8.02. The van der Waals surface area contributed by atoms with Crippen LogP contribution in [0.5, 0.6) is 0 Å². The quantitative estimate of drug-likeness (QED) is 0.623. The smallest absolute Gasteiger partial charge is 0.191 e. The van der Waals surface area contributed by atoms with Crippen LogP contribution in [0.1, 0.15) is 43.7 Å². The minimum absolute atomic E-state index is 0.103. The number of ether oxygens (including phenoxy) is 1. The average Bonchev–Trinajstić information content (AvgIpc) is 3.43. The number of aryl methyl sites for hydroxylation is 1. The molecule has 4 nitrogen and oxygen atoms in total. The van der Waals surface area contributed by atoms with E-state index in [1.807, 2.05) is 0 Å². The zero-order chi connectivity index (χ0) is 16.8. The van der Waals surface area contributed by atoms with Crippen LogP contribution in [0.2, 0.25) is 0 Å². The number of hydrogen-bond acceptors (Lipinski definition) is 2. The number of rotatable bonds is 6. The van der Waals surface area contributed by atoms with Gasteiger partial charge in [-0.1, -0.05) is 24.3 Å². The molecule has 132 valence electrons. The Morgan fingerprint density at radius 1 is 1.21 bits per heavy atom. The molecule has 2 N–H and O–H groups in total. The van der Waals surface area contributed by atoms with E-state index in [0.717, 1.165) is 57.6 Å². The third kappa shape index (κ3) is 4.29. The Hall–Kier alpha value is -1.55. The van der Waals surface area contributed by atoms with E-state index in [1.165, 1.54) is 24.0 Å². The molecule has 1 aliphatic heterocycles. The van der Waals surface area contributed by atoms with E-state index in [4.69, 9.17) is 9.73 Å². The number of guanidine groups is 1. The van der Waals surface area contributed by atoms with E-state index in [1.54, 1.807) is 0 Å². The molecule has 1 saturated heterocycles. The minimum Gasteiger partial charge on any atom is -0.381 e. The molecule has 1 aromatic rings. The largest absolute Gasteiger partial charge is 0.381 e. The highest BCUT2D eigenvalue weighted by atomic mass is 16.5. The standard InChI is InChI=1S/C20H31N3O/c1-3-21-19(22-14-17-8-9-17)23-15-20(10-12-24-13-11-20)18-7-5-4-6-16(18)2/h4-7,17H,3,8-15H2,1-2H3,(H2,21,22,23). The van der Waals surface area contributed by atoms with Gasteiger partial charge in [0.05, 0.1) is 6.54 Å². The second-order valence-electron chi connectivity index (χ2n) is 7.23. The highest BCUT2D eigenvalue weighted by molar-refractivity contribution is 5.79. The number of nitrogens with zero attached hydrogens (tertiary/aromatic N) is 1. The van der Waals surface area contributed by atoms with E-state index >= 15 is 0 Å². The first kappa shape index (κ1) is 17.3. The number of benzene rings is 1. The first-order valence-corrected chi connectivity index (χ1v) is 9.39. The van der Waals surface area contributed by atoms with Crippen LogP contribution >= 0.6 is 0 Å². The summed E-state index contributed by atoms with van der Waals surface area (Å²) >= 11 is 0. The molecule has 0 radical (unpaired) electrons. The van der Waals surface area contributed by atoms with Crippen molar-refractivity contribution in [3.05, 3.63) is 35.4 Å². The van der Waals surface area contributed by atoms with Crippen molar-refractivity contribution in [2.45, 2.75) is 44.9 Å². The highest BCUT2D eigenvalue weighted by Crippen LogP contribution is 2.37. The predicted octanol–water partition coefficient (Wildman–Crippen LogP) is 3.01. The molecule has 4 heteroatoms. The Labute approximate surface area is 146 Å². The monoisotopic (exact) mass is 329 g/mol. The SMILES string of the molecule is CCNC(=NCC1(c2ccccc2C)CCOCC1)NCC1CC1. The third-order valence-corrected chi connectivity index (χ3v) is 5.31. The number of aliphatic imine (C=N–C) groups is 1. The Kier molecular flexibility index (Phi) is 5.77. The maximum absolute atomic E-state index is 5.65. The average molecular weight is 329 g/mol. The molecule has 1 aromatic carbocycles. The summed E-state index contributed by atoms with van der Waals surface area (Å²) in [5.41, 5.74) is 2.91. The minimum atomic E-state index is 0.103. The fourth-order valence-electron chi connectivity index (χ4n) is 3.58. The Morgan fingerprint density at radius 3 is 2.62 bits per heavy atom. The van der Waals surface area contributed by atoms with Crippen LogP contribution in [0.3, 0.4) is 0 Å². The van der Waals surface area contributed by atoms with Crippen molar-refractivity contribution in [2.24, 2.45) is 10.9 Å². The molecule has 3 rings (SSSR count). The van der Waals surface area contributed by atoms with Crippen LogP contribution < -0.4 is 10.6 Å². The molecular weight excluding hydrogens is 298 g/mol. The summed E-state index contributed by atoms with van der Waals surface area (Å²) in [5, 5.41) is 6.91. The summed E-state index contributed by atoms with van der Waals surface area (Å²) in [6.45, 7) is 8.77. The normalized spacial score (nSPS) is 20.7. The summed E-state index contributed by atoms with van der Waals surface area (Å²) in [4.78, 5) is 4.97. The van der Waals surface area contributed by atoms with Gasteiger partial charge >= 0.3 is 0 Å². The fourth-order valence-corrected chi connectivity index (χ4v) is 3.58. The molecule has 1 heterocycles. The number of nitrogens with one attached hydrogen (secondary N) is 2.